The number of rotatable bonds is 20. The molecule has 0 saturated carbocycles. The summed E-state index contributed by atoms with van der Waals surface area (Å²) in [7, 11) is -4.85. The molecule has 4 amide bonds. The molecule has 39 heavy (non-hydrogen) atoms. The number of carboxylic acids is 1. The standard InChI is InChI=1S/C19H38N9O10P/c20-6-2-1-4-13(18(33)34)28-15(30)9-26-17(32)12(5-3-7-24-19(22)23)27-14(29)8-25-16(31)11(21)10-38-39(35,36)37/h11-13H,1-10,20-21H2,(H,25,31)(H,26,32)(H,27,29)(H,28,30)(H,33,34)(H4,22,23,24)(H2,35,36,37)/t11-,12-,13-/m0/s1. The van der Waals surface area contributed by atoms with E-state index in [-0.39, 0.29) is 31.8 Å². The number of hydrogen-bond donors (Lipinski definition) is 11. The van der Waals surface area contributed by atoms with E-state index in [1.54, 1.807) is 0 Å². The predicted octanol–water partition coefficient (Wildman–Crippen LogP) is -5.11. The second-order valence-electron chi connectivity index (χ2n) is 8.14. The van der Waals surface area contributed by atoms with Crippen LogP contribution in [0, 0.1) is 0 Å². The summed E-state index contributed by atoms with van der Waals surface area (Å²) >= 11 is 0. The average Bonchev–Trinajstić information content (AvgIpc) is 2.84. The molecule has 0 heterocycles. The minimum Gasteiger partial charge on any atom is -0.480 e. The molecule has 0 aromatic rings. The Morgan fingerprint density at radius 3 is 1.92 bits per heavy atom. The van der Waals surface area contributed by atoms with Gasteiger partial charge in [0.25, 0.3) is 0 Å². The van der Waals surface area contributed by atoms with Gasteiger partial charge in [0, 0.05) is 6.54 Å². The maximum atomic E-state index is 12.6. The summed E-state index contributed by atoms with van der Waals surface area (Å²) in [6, 6.07) is -3.85. The van der Waals surface area contributed by atoms with Crippen LogP contribution in [0.3, 0.4) is 0 Å². The molecule has 224 valence electrons. The fourth-order valence-electron chi connectivity index (χ4n) is 2.86. The summed E-state index contributed by atoms with van der Waals surface area (Å²) in [6.07, 6.45) is 1.46. The lowest BCUT2D eigenvalue weighted by molar-refractivity contribution is -0.142. The monoisotopic (exact) mass is 583 g/mol. The molecule has 0 fully saturated rings. The van der Waals surface area contributed by atoms with Crippen LogP contribution in [0.1, 0.15) is 32.1 Å². The number of carbonyl (C=O) groups excluding carboxylic acids is 4. The van der Waals surface area contributed by atoms with E-state index in [1.807, 2.05) is 0 Å². The topological polar surface area (TPSA) is 337 Å². The smallest absolute Gasteiger partial charge is 0.469 e. The molecule has 0 radical (unpaired) electrons. The highest BCUT2D eigenvalue weighted by atomic mass is 31.2. The maximum absolute atomic E-state index is 12.6. The van der Waals surface area contributed by atoms with Crippen LogP contribution in [0.4, 0.5) is 0 Å². The second-order valence-corrected chi connectivity index (χ2v) is 9.38. The SMILES string of the molecule is NCCCC[C@H](NC(=O)CNC(=O)[C@H](CCCN=C(N)N)NC(=O)CNC(=O)[C@@H](N)COP(=O)(O)O)C(=O)O. The Hall–Kier alpha value is -3.35. The van der Waals surface area contributed by atoms with Crippen molar-refractivity contribution in [1.82, 2.24) is 21.3 Å². The lowest BCUT2D eigenvalue weighted by Gasteiger charge is -2.19. The van der Waals surface area contributed by atoms with Crippen molar-refractivity contribution in [3.63, 3.8) is 0 Å². The Morgan fingerprint density at radius 2 is 1.41 bits per heavy atom. The number of nitrogens with two attached hydrogens (primary N) is 4. The lowest BCUT2D eigenvalue weighted by Crippen LogP contribution is -2.53. The predicted molar refractivity (Wildman–Crippen MR) is 136 cm³/mol. The van der Waals surface area contributed by atoms with Crippen LogP contribution in [-0.2, 0) is 33.1 Å². The molecule has 0 rings (SSSR count). The first-order valence-electron chi connectivity index (χ1n) is 11.7. The van der Waals surface area contributed by atoms with Crippen LogP contribution in [0.25, 0.3) is 0 Å². The van der Waals surface area contributed by atoms with E-state index in [1.165, 1.54) is 0 Å². The summed E-state index contributed by atoms with van der Waals surface area (Å²) in [5, 5.41) is 18.3. The summed E-state index contributed by atoms with van der Waals surface area (Å²) < 4.78 is 14.8. The van der Waals surface area contributed by atoms with Crippen molar-refractivity contribution in [3.05, 3.63) is 0 Å². The molecular formula is C19H38N9O10P. The Labute approximate surface area is 224 Å². The van der Waals surface area contributed by atoms with Crippen LogP contribution in [0.15, 0.2) is 4.99 Å². The third-order valence-electron chi connectivity index (χ3n) is 4.78. The van der Waals surface area contributed by atoms with Crippen molar-refractivity contribution >= 4 is 43.4 Å². The molecule has 19 nitrogen and oxygen atoms in total. The van der Waals surface area contributed by atoms with E-state index in [0.717, 1.165) is 0 Å². The van der Waals surface area contributed by atoms with Gasteiger partial charge in [-0.1, -0.05) is 0 Å². The van der Waals surface area contributed by atoms with E-state index in [0.29, 0.717) is 19.4 Å². The first kappa shape index (κ1) is 35.6. The van der Waals surface area contributed by atoms with Crippen molar-refractivity contribution in [2.45, 2.75) is 50.2 Å². The van der Waals surface area contributed by atoms with Gasteiger partial charge in [-0.25, -0.2) is 9.36 Å². The molecule has 0 saturated heterocycles. The zero-order chi connectivity index (χ0) is 30.0. The van der Waals surface area contributed by atoms with Crippen molar-refractivity contribution in [1.29, 1.82) is 0 Å². The van der Waals surface area contributed by atoms with Crippen molar-refractivity contribution < 1.29 is 48.0 Å². The highest BCUT2D eigenvalue weighted by molar-refractivity contribution is 7.46. The number of amides is 4. The van der Waals surface area contributed by atoms with Crippen LogP contribution in [0.2, 0.25) is 0 Å². The Morgan fingerprint density at radius 1 is 0.872 bits per heavy atom. The highest BCUT2D eigenvalue weighted by Gasteiger charge is 2.24. The Bertz CT molecular complexity index is 910. The normalized spacial score (nSPS) is 13.3. The third kappa shape index (κ3) is 18.5. The molecule has 0 aromatic heterocycles. The van der Waals surface area contributed by atoms with Crippen molar-refractivity contribution in [2.24, 2.45) is 27.9 Å². The number of carbonyl (C=O) groups is 5. The minimum absolute atomic E-state index is 0.0242. The van der Waals surface area contributed by atoms with Gasteiger partial charge < -0.3 is 59.1 Å². The van der Waals surface area contributed by atoms with Crippen LogP contribution in [-0.4, -0.2) is 101 Å². The molecule has 3 atom stereocenters. The van der Waals surface area contributed by atoms with Crippen LogP contribution in [0.5, 0.6) is 0 Å². The average molecular weight is 584 g/mol. The first-order chi connectivity index (χ1) is 18.2. The fraction of sp³-hybridized carbons (Fsp3) is 0.684. The summed E-state index contributed by atoms with van der Waals surface area (Å²) in [5.74, 6) is -4.76. The number of unbranched alkanes of at least 4 members (excludes halogenated alkanes) is 1. The van der Waals surface area contributed by atoms with Gasteiger partial charge in [-0.2, -0.15) is 0 Å². The highest BCUT2D eigenvalue weighted by Crippen LogP contribution is 2.35. The van der Waals surface area contributed by atoms with Gasteiger partial charge in [0.05, 0.1) is 19.7 Å². The van der Waals surface area contributed by atoms with E-state index >= 15 is 0 Å². The summed E-state index contributed by atoms with van der Waals surface area (Å²) in [4.78, 5) is 81.4. The number of carboxylic acid groups (broad SMARTS) is 1. The minimum atomic E-state index is -4.85. The number of aliphatic carboxylic acids is 1. The number of nitrogens with zero attached hydrogens (tertiary/aromatic N) is 1. The molecular weight excluding hydrogens is 545 g/mol. The number of phosphoric ester groups is 1. The van der Waals surface area contributed by atoms with Gasteiger partial charge in [0.2, 0.25) is 23.6 Å². The zero-order valence-electron chi connectivity index (χ0n) is 21.2. The van der Waals surface area contributed by atoms with Gasteiger partial charge in [0.1, 0.15) is 18.1 Å². The van der Waals surface area contributed by atoms with Gasteiger partial charge in [-0.05, 0) is 38.6 Å². The Balaban J connectivity index is 4.98. The largest absolute Gasteiger partial charge is 0.480 e. The zero-order valence-corrected chi connectivity index (χ0v) is 22.1. The maximum Gasteiger partial charge on any atom is 0.469 e. The summed E-state index contributed by atoms with van der Waals surface area (Å²) in [5.41, 5.74) is 21.3. The molecule has 0 spiro atoms. The van der Waals surface area contributed by atoms with Crippen LogP contribution >= 0.6 is 7.82 Å². The number of aliphatic imine (C=N–C) groups is 1. The Kier molecular flexibility index (Phi) is 17.2. The van der Waals surface area contributed by atoms with E-state index in [4.69, 9.17) is 32.7 Å². The number of guanidine groups is 1. The fourth-order valence-corrected chi connectivity index (χ4v) is 3.21. The molecule has 0 aliphatic rings. The van der Waals surface area contributed by atoms with Gasteiger partial charge in [-0.3, -0.25) is 28.7 Å². The van der Waals surface area contributed by atoms with Crippen LogP contribution < -0.4 is 44.2 Å². The summed E-state index contributed by atoms with van der Waals surface area (Å²) in [6.45, 7) is -1.55. The molecule has 0 aromatic carbocycles. The van der Waals surface area contributed by atoms with E-state index in [9.17, 15) is 33.6 Å². The molecule has 0 aliphatic heterocycles. The van der Waals surface area contributed by atoms with E-state index in [2.05, 4.69) is 30.8 Å². The van der Waals surface area contributed by atoms with Gasteiger partial charge in [0.15, 0.2) is 5.96 Å². The molecule has 20 heteroatoms. The third-order valence-corrected chi connectivity index (χ3v) is 5.27. The molecule has 0 unspecified atom stereocenters. The first-order valence-corrected chi connectivity index (χ1v) is 13.3. The number of phosphoric acid groups is 1. The molecule has 0 aliphatic carbocycles. The molecule has 15 N–H and O–H groups in total. The number of nitrogens with one attached hydrogen (secondary N) is 4. The lowest BCUT2D eigenvalue weighted by atomic mass is 10.1. The van der Waals surface area contributed by atoms with Crippen molar-refractivity contribution in [2.75, 3.05) is 32.8 Å². The van der Waals surface area contributed by atoms with E-state index < -0.39 is 75.2 Å². The molecule has 0 bridgehead atoms. The second kappa shape index (κ2) is 18.8. The van der Waals surface area contributed by atoms with Gasteiger partial charge >= 0.3 is 13.8 Å². The quantitative estimate of drug-likeness (QED) is 0.0276. The number of hydrogen-bond acceptors (Lipinski definition) is 10. The van der Waals surface area contributed by atoms with Crippen molar-refractivity contribution in [3.8, 4) is 0 Å². The van der Waals surface area contributed by atoms with Gasteiger partial charge in [-0.15, -0.1) is 0 Å².